The van der Waals surface area contributed by atoms with Crippen molar-refractivity contribution in [1.82, 2.24) is 9.91 Å². The Morgan fingerprint density at radius 1 is 0.898 bits per heavy atom. The molecule has 49 heavy (non-hydrogen) atoms. The fourth-order valence-corrected chi connectivity index (χ4v) is 8.50. The number of carbonyl (C=O) groups excluding carboxylic acids is 5. The molecule has 12 nitrogen and oxygen atoms in total. The molecule has 2 aliphatic heterocycles. The van der Waals surface area contributed by atoms with Crippen LogP contribution in [-0.2, 0) is 29.3 Å². The third-order valence-corrected chi connectivity index (χ3v) is 10.6. The van der Waals surface area contributed by atoms with E-state index in [1.807, 2.05) is 25.1 Å². The smallest absolute Gasteiger partial charge is 0.423 e. The summed E-state index contributed by atoms with van der Waals surface area (Å²) in [4.78, 5) is 70.6. The predicted octanol–water partition coefficient (Wildman–Crippen LogP) is 4.47. The summed E-state index contributed by atoms with van der Waals surface area (Å²) in [6.45, 7) is 1.92. The summed E-state index contributed by atoms with van der Waals surface area (Å²) in [6, 6.07) is 19.2. The van der Waals surface area contributed by atoms with Crippen molar-refractivity contribution in [3.63, 3.8) is 0 Å². The molecule has 2 N–H and O–H groups in total. The Hall–Kier alpha value is -5.65. The lowest BCUT2D eigenvalue weighted by Crippen LogP contribution is -2.53. The SMILES string of the molecule is COC(=O)N1C(=O)C2CC=C3C(CC4C(=O)N(Nc5ccc(C)cc5)C(=O)C4(c4ccccc4)C3c3c(O)cc(OC)cc3OC)C2C1=O. The third-order valence-electron chi connectivity index (χ3n) is 10.6. The van der Waals surface area contributed by atoms with Gasteiger partial charge in [0.15, 0.2) is 0 Å². The number of phenols is 1. The number of hydrogen-bond donors (Lipinski definition) is 2. The van der Waals surface area contributed by atoms with Gasteiger partial charge in [0.05, 0.1) is 50.2 Å². The highest BCUT2D eigenvalue weighted by Crippen LogP contribution is 2.66. The van der Waals surface area contributed by atoms with E-state index < -0.39 is 64.7 Å². The lowest BCUT2D eigenvalue weighted by atomic mass is 9.49. The van der Waals surface area contributed by atoms with Crippen LogP contribution in [0.5, 0.6) is 17.2 Å². The molecule has 1 saturated carbocycles. The van der Waals surface area contributed by atoms with Crippen molar-refractivity contribution in [2.45, 2.75) is 31.1 Å². The van der Waals surface area contributed by atoms with Crippen LogP contribution >= 0.6 is 0 Å². The van der Waals surface area contributed by atoms with E-state index in [0.29, 0.717) is 27.5 Å². The Labute approximate surface area is 282 Å². The van der Waals surface area contributed by atoms with Crippen molar-refractivity contribution in [1.29, 1.82) is 0 Å². The summed E-state index contributed by atoms with van der Waals surface area (Å²) in [5, 5.41) is 12.8. The van der Waals surface area contributed by atoms with E-state index in [9.17, 15) is 24.3 Å². The minimum absolute atomic E-state index is 0.0162. The van der Waals surface area contributed by atoms with E-state index in [-0.39, 0.29) is 29.9 Å². The van der Waals surface area contributed by atoms with Crippen molar-refractivity contribution >= 4 is 35.4 Å². The average Bonchev–Trinajstić information content (AvgIpc) is 3.49. The summed E-state index contributed by atoms with van der Waals surface area (Å²) >= 11 is 0. The zero-order valence-corrected chi connectivity index (χ0v) is 27.3. The van der Waals surface area contributed by atoms with Crippen LogP contribution in [0, 0.1) is 30.6 Å². The molecule has 2 aliphatic carbocycles. The van der Waals surface area contributed by atoms with Crippen molar-refractivity contribution in [2.24, 2.45) is 23.7 Å². The number of rotatable bonds is 6. The first-order valence-corrected chi connectivity index (χ1v) is 16.0. The van der Waals surface area contributed by atoms with Gasteiger partial charge in [0, 0.05) is 23.6 Å². The first kappa shape index (κ1) is 31.9. The zero-order valence-electron chi connectivity index (χ0n) is 27.3. The second kappa shape index (κ2) is 11.8. The number of anilines is 1. The summed E-state index contributed by atoms with van der Waals surface area (Å²) < 4.78 is 16.0. The lowest BCUT2D eigenvalue weighted by Gasteiger charge is -2.50. The van der Waals surface area contributed by atoms with Gasteiger partial charge in [-0.1, -0.05) is 59.7 Å². The number of aromatic hydroxyl groups is 1. The van der Waals surface area contributed by atoms with Crippen LogP contribution < -0.4 is 14.9 Å². The van der Waals surface area contributed by atoms with Crippen LogP contribution in [0.1, 0.15) is 35.4 Å². The summed E-state index contributed by atoms with van der Waals surface area (Å²) in [7, 11) is 3.96. The number of hydrogen-bond acceptors (Lipinski definition) is 10. The molecule has 0 spiro atoms. The molecular weight excluding hydrogens is 630 g/mol. The van der Waals surface area contributed by atoms with Gasteiger partial charge in [-0.3, -0.25) is 24.6 Å². The monoisotopic (exact) mass is 665 g/mol. The Kier molecular flexibility index (Phi) is 7.69. The van der Waals surface area contributed by atoms with E-state index in [2.05, 4.69) is 5.43 Å². The molecule has 6 unspecified atom stereocenters. The zero-order chi connectivity index (χ0) is 34.8. The second-order valence-electron chi connectivity index (χ2n) is 12.8. The molecule has 7 rings (SSSR count). The highest BCUT2D eigenvalue weighted by atomic mass is 16.5. The van der Waals surface area contributed by atoms with E-state index in [4.69, 9.17) is 14.2 Å². The normalized spacial score (nSPS) is 27.3. The van der Waals surface area contributed by atoms with Gasteiger partial charge in [0.2, 0.25) is 11.8 Å². The van der Waals surface area contributed by atoms with E-state index in [1.54, 1.807) is 48.5 Å². The third kappa shape index (κ3) is 4.53. The minimum atomic E-state index is -1.63. The summed E-state index contributed by atoms with van der Waals surface area (Å²) in [5.41, 5.74) is 4.26. The van der Waals surface area contributed by atoms with Crippen LogP contribution in [0.4, 0.5) is 10.5 Å². The first-order chi connectivity index (χ1) is 23.6. The molecule has 252 valence electrons. The molecule has 12 heteroatoms. The van der Waals surface area contributed by atoms with Gasteiger partial charge in [0.1, 0.15) is 17.2 Å². The highest BCUT2D eigenvalue weighted by Gasteiger charge is 2.71. The number of ether oxygens (including phenoxy) is 3. The number of nitrogens with one attached hydrogen (secondary N) is 1. The molecule has 2 heterocycles. The number of imide groups is 4. The topological polar surface area (TPSA) is 152 Å². The highest BCUT2D eigenvalue weighted by molar-refractivity contribution is 6.16. The fraction of sp³-hybridized carbons (Fsp3) is 0.324. The Morgan fingerprint density at radius 3 is 2.27 bits per heavy atom. The van der Waals surface area contributed by atoms with Crippen molar-refractivity contribution in [2.75, 3.05) is 26.8 Å². The van der Waals surface area contributed by atoms with Crippen LogP contribution in [0.15, 0.2) is 78.4 Å². The summed E-state index contributed by atoms with van der Waals surface area (Å²) in [5.74, 6) is -6.95. The first-order valence-electron chi connectivity index (χ1n) is 16.0. The molecule has 0 aromatic heterocycles. The molecule has 4 aliphatic rings. The van der Waals surface area contributed by atoms with Gasteiger partial charge >= 0.3 is 6.09 Å². The van der Waals surface area contributed by atoms with Crippen molar-refractivity contribution < 1.29 is 43.3 Å². The molecule has 6 atom stereocenters. The molecule has 3 aromatic carbocycles. The van der Waals surface area contributed by atoms with Crippen molar-refractivity contribution in [3.8, 4) is 17.2 Å². The number of likely N-dealkylation sites (tertiary alicyclic amines) is 1. The van der Waals surface area contributed by atoms with Gasteiger partial charge in [-0.2, -0.15) is 9.91 Å². The number of hydrazine groups is 1. The number of allylic oxidation sites excluding steroid dienone is 2. The maximum Gasteiger partial charge on any atom is 0.423 e. The molecule has 2 saturated heterocycles. The van der Waals surface area contributed by atoms with Gasteiger partial charge < -0.3 is 19.3 Å². The number of phenolic OH excluding ortho intramolecular Hbond substituents is 1. The van der Waals surface area contributed by atoms with Gasteiger partial charge in [-0.15, -0.1) is 0 Å². The molecular formula is C37H35N3O9. The Morgan fingerprint density at radius 2 is 1.61 bits per heavy atom. The van der Waals surface area contributed by atoms with Gasteiger partial charge in [0.25, 0.3) is 11.8 Å². The van der Waals surface area contributed by atoms with Crippen molar-refractivity contribution in [3.05, 3.63) is 95.1 Å². The van der Waals surface area contributed by atoms with Gasteiger partial charge in [-0.05, 0) is 43.4 Å². The van der Waals surface area contributed by atoms with E-state index in [1.165, 1.54) is 20.3 Å². The van der Waals surface area contributed by atoms with E-state index >= 15 is 4.79 Å². The summed E-state index contributed by atoms with van der Waals surface area (Å²) in [6.07, 6.45) is 0.850. The number of amides is 5. The van der Waals surface area contributed by atoms with Crippen LogP contribution in [0.25, 0.3) is 0 Å². The Bertz CT molecular complexity index is 1920. The molecule has 0 bridgehead atoms. The maximum atomic E-state index is 15.2. The number of benzene rings is 3. The molecule has 3 fully saturated rings. The Balaban J connectivity index is 1.49. The predicted molar refractivity (Wildman–Crippen MR) is 174 cm³/mol. The fourth-order valence-electron chi connectivity index (χ4n) is 8.50. The number of methoxy groups -OCH3 is 3. The second-order valence-corrected chi connectivity index (χ2v) is 12.8. The van der Waals surface area contributed by atoms with Crippen LogP contribution in [-0.4, -0.2) is 66.1 Å². The number of carbonyl (C=O) groups is 5. The largest absolute Gasteiger partial charge is 0.507 e. The number of fused-ring (bicyclic) bond motifs is 4. The average molecular weight is 666 g/mol. The number of aryl methyl sites for hydroxylation is 1. The minimum Gasteiger partial charge on any atom is -0.507 e. The molecule has 5 amide bonds. The number of nitrogens with zero attached hydrogens (tertiary/aromatic N) is 2. The maximum absolute atomic E-state index is 15.2. The van der Waals surface area contributed by atoms with Crippen LogP contribution in [0.3, 0.4) is 0 Å². The standard InChI is InChI=1S/C37H35N3O9/c1-19-10-12-21(13-11-19)38-40-33(43)26-18-25-23(14-15-24-29(25)34(44)39(32(24)42)36(46)49-4)31(30-27(41)16-22(47-2)17-28(30)48-3)37(26,35(40)45)20-8-6-5-7-9-20/h5-14,16-17,24-26,29,31,38,41H,15,18H2,1-4H3. The quantitative estimate of drug-likeness (QED) is 0.285. The van der Waals surface area contributed by atoms with Crippen LogP contribution in [0.2, 0.25) is 0 Å². The molecule has 0 radical (unpaired) electrons. The lowest BCUT2D eigenvalue weighted by molar-refractivity contribution is -0.140. The van der Waals surface area contributed by atoms with Gasteiger partial charge in [-0.25, -0.2) is 4.79 Å². The molecule has 3 aromatic rings. The van der Waals surface area contributed by atoms with E-state index in [0.717, 1.165) is 17.7 Å².